The van der Waals surface area contributed by atoms with Gasteiger partial charge in [-0.2, -0.15) is 5.10 Å². The van der Waals surface area contributed by atoms with Crippen LogP contribution < -0.4 is 5.32 Å². The van der Waals surface area contributed by atoms with Crippen molar-refractivity contribution in [2.45, 2.75) is 78.7 Å². The number of carbonyl (C=O) groups is 1. The number of H-pyrrole nitrogens is 1. The number of aromatic amines is 1. The fraction of sp³-hybridized carbons (Fsp3) is 0.850. The van der Waals surface area contributed by atoms with Crippen molar-refractivity contribution < 1.29 is 4.79 Å². The average molecular weight is 377 g/mol. The van der Waals surface area contributed by atoms with Crippen LogP contribution in [0.2, 0.25) is 0 Å². The largest absolute Gasteiger partial charge is 0.355 e. The Hall–Kier alpha value is -1.17. The van der Waals surface area contributed by atoms with Gasteiger partial charge in [0.2, 0.25) is 5.91 Å². The molecule has 1 amide bonds. The molecule has 1 heterocycles. The number of rotatable bonds is 5. The van der Waals surface area contributed by atoms with Gasteiger partial charge in [-0.15, -0.1) is 0 Å². The van der Waals surface area contributed by atoms with E-state index in [0.29, 0.717) is 28.6 Å². The van der Waals surface area contributed by atoms with Gasteiger partial charge in [0.15, 0.2) is 4.77 Å². The molecule has 2 N–H and O–H groups in total. The molecule has 2 unspecified atom stereocenters. The van der Waals surface area contributed by atoms with E-state index in [0.717, 1.165) is 31.0 Å². The summed E-state index contributed by atoms with van der Waals surface area (Å²) >= 11 is 5.31. The second kappa shape index (κ2) is 5.91. The van der Waals surface area contributed by atoms with Crippen molar-refractivity contribution in [3.05, 3.63) is 10.6 Å². The number of nitrogens with zero attached hydrogens (tertiary/aromatic N) is 2. The zero-order chi connectivity index (χ0) is 18.7. The van der Waals surface area contributed by atoms with Gasteiger partial charge < -0.3 is 9.88 Å². The van der Waals surface area contributed by atoms with E-state index in [1.807, 2.05) is 4.57 Å². The maximum atomic E-state index is 13.2. The Morgan fingerprint density at radius 3 is 2.50 bits per heavy atom. The highest BCUT2D eigenvalue weighted by Gasteiger charge is 2.62. The van der Waals surface area contributed by atoms with Crippen LogP contribution in [0.5, 0.6) is 0 Å². The van der Waals surface area contributed by atoms with Crippen molar-refractivity contribution in [3.63, 3.8) is 0 Å². The summed E-state index contributed by atoms with van der Waals surface area (Å²) < 4.78 is 2.69. The Morgan fingerprint density at radius 2 is 1.92 bits per heavy atom. The van der Waals surface area contributed by atoms with Crippen molar-refractivity contribution in [1.82, 2.24) is 20.1 Å². The molecule has 5 nitrogen and oxygen atoms in total. The van der Waals surface area contributed by atoms with E-state index in [9.17, 15) is 4.79 Å². The third-order valence-corrected chi connectivity index (χ3v) is 7.32. The SMILES string of the molecule is CC(C)n1c(CCNC(=O)C23CC4C[C@@](C)(C2)C[C@](C)(C4)C3)n[nH]c1=S. The van der Waals surface area contributed by atoms with Crippen LogP contribution in [-0.2, 0) is 11.2 Å². The van der Waals surface area contributed by atoms with Crippen molar-refractivity contribution in [2.24, 2.45) is 22.2 Å². The van der Waals surface area contributed by atoms with Crippen LogP contribution in [0, 0.1) is 26.9 Å². The summed E-state index contributed by atoms with van der Waals surface area (Å²) in [6.45, 7) is 9.66. The molecule has 4 aliphatic carbocycles. The number of hydrogen-bond donors (Lipinski definition) is 2. The van der Waals surface area contributed by atoms with Crippen LogP contribution in [0.1, 0.15) is 78.1 Å². The van der Waals surface area contributed by atoms with Gasteiger partial charge in [-0.25, -0.2) is 0 Å². The molecule has 0 spiro atoms. The second-order valence-electron chi connectivity index (χ2n) is 10.3. The van der Waals surface area contributed by atoms with Crippen LogP contribution in [-0.4, -0.2) is 27.2 Å². The van der Waals surface area contributed by atoms with E-state index in [1.54, 1.807) is 0 Å². The number of aromatic nitrogens is 3. The highest BCUT2D eigenvalue weighted by Crippen LogP contribution is 2.69. The highest BCUT2D eigenvalue weighted by molar-refractivity contribution is 7.71. The molecule has 5 rings (SSSR count). The zero-order valence-electron chi connectivity index (χ0n) is 16.5. The van der Waals surface area contributed by atoms with E-state index >= 15 is 0 Å². The molecule has 0 radical (unpaired) electrons. The van der Waals surface area contributed by atoms with Gasteiger partial charge >= 0.3 is 0 Å². The number of carbonyl (C=O) groups excluding carboxylic acids is 1. The maximum absolute atomic E-state index is 13.2. The van der Waals surface area contributed by atoms with Gasteiger partial charge in [0, 0.05) is 19.0 Å². The van der Waals surface area contributed by atoms with Crippen LogP contribution in [0.4, 0.5) is 0 Å². The number of nitrogens with one attached hydrogen (secondary N) is 2. The van der Waals surface area contributed by atoms with Crippen LogP contribution in [0.15, 0.2) is 0 Å². The summed E-state index contributed by atoms with van der Waals surface area (Å²) in [5.41, 5.74) is 0.600. The van der Waals surface area contributed by atoms with Crippen LogP contribution in [0.25, 0.3) is 0 Å². The molecule has 144 valence electrons. The van der Waals surface area contributed by atoms with Gasteiger partial charge in [0.05, 0.1) is 5.41 Å². The molecule has 4 saturated carbocycles. The fourth-order valence-corrected chi connectivity index (χ4v) is 7.58. The van der Waals surface area contributed by atoms with Gasteiger partial charge in [0.1, 0.15) is 5.82 Å². The minimum absolute atomic E-state index is 0.133. The zero-order valence-corrected chi connectivity index (χ0v) is 17.3. The minimum Gasteiger partial charge on any atom is -0.355 e. The molecule has 4 aliphatic rings. The Labute approximate surface area is 161 Å². The smallest absolute Gasteiger partial charge is 0.226 e. The molecular weight excluding hydrogens is 344 g/mol. The topological polar surface area (TPSA) is 62.7 Å². The van der Waals surface area contributed by atoms with Crippen molar-refractivity contribution in [2.75, 3.05) is 6.54 Å². The lowest BCUT2D eigenvalue weighted by atomic mass is 9.40. The summed E-state index contributed by atoms with van der Waals surface area (Å²) in [6, 6.07) is 0.273. The van der Waals surface area contributed by atoms with Crippen LogP contribution >= 0.6 is 12.2 Å². The van der Waals surface area contributed by atoms with Crippen molar-refractivity contribution in [3.8, 4) is 0 Å². The molecule has 4 fully saturated rings. The Morgan fingerprint density at radius 1 is 1.27 bits per heavy atom. The van der Waals surface area contributed by atoms with Crippen molar-refractivity contribution >= 4 is 18.1 Å². The molecule has 4 atom stereocenters. The molecular formula is C20H32N4OS. The summed E-state index contributed by atoms with van der Waals surface area (Å²) in [6.07, 6.45) is 7.89. The summed E-state index contributed by atoms with van der Waals surface area (Å²) in [7, 11) is 0. The fourth-order valence-electron chi connectivity index (χ4n) is 7.22. The summed E-state index contributed by atoms with van der Waals surface area (Å²) in [5.74, 6) is 1.95. The second-order valence-corrected chi connectivity index (χ2v) is 10.7. The maximum Gasteiger partial charge on any atom is 0.226 e. The monoisotopic (exact) mass is 376 g/mol. The summed E-state index contributed by atoms with van der Waals surface area (Å²) in [5, 5.41) is 10.5. The third-order valence-electron chi connectivity index (χ3n) is 7.04. The van der Waals surface area contributed by atoms with E-state index in [-0.39, 0.29) is 17.4 Å². The number of amides is 1. The Bertz CT molecular complexity index is 761. The lowest BCUT2D eigenvalue weighted by Crippen LogP contribution is -2.60. The van der Waals surface area contributed by atoms with Crippen LogP contribution in [0.3, 0.4) is 0 Å². The Kier molecular flexibility index (Phi) is 4.14. The predicted octanol–water partition coefficient (Wildman–Crippen LogP) is 4.18. The summed E-state index contributed by atoms with van der Waals surface area (Å²) in [4.78, 5) is 13.2. The first-order valence-corrected chi connectivity index (χ1v) is 10.5. The molecule has 1 aromatic rings. The van der Waals surface area contributed by atoms with Gasteiger partial charge in [-0.3, -0.25) is 9.89 Å². The quantitative estimate of drug-likeness (QED) is 0.758. The van der Waals surface area contributed by atoms with E-state index < -0.39 is 0 Å². The van der Waals surface area contributed by atoms with E-state index in [4.69, 9.17) is 12.2 Å². The van der Waals surface area contributed by atoms with Gasteiger partial charge in [-0.05, 0) is 81.3 Å². The van der Waals surface area contributed by atoms with Gasteiger partial charge in [0.25, 0.3) is 0 Å². The molecule has 0 aromatic carbocycles. The first-order chi connectivity index (χ1) is 12.1. The lowest BCUT2D eigenvalue weighted by molar-refractivity contribution is -0.170. The average Bonchev–Trinajstić information content (AvgIpc) is 2.84. The standard InChI is InChI=1S/C20H32N4OS/c1-13(2)24-15(22-23-17(24)26)5-6-21-16(25)20-9-14-7-18(3,11-20)10-19(4,8-14)12-20/h13-14H,5-12H2,1-4H3,(H,21,25)(H,23,26)/t14?,18-,19+,20?. The van der Waals surface area contributed by atoms with E-state index in [2.05, 4.69) is 43.2 Å². The Balaban J connectivity index is 1.44. The molecule has 1 aromatic heterocycles. The highest BCUT2D eigenvalue weighted by atomic mass is 32.1. The van der Waals surface area contributed by atoms with Gasteiger partial charge in [-0.1, -0.05) is 13.8 Å². The third kappa shape index (κ3) is 2.94. The first-order valence-electron chi connectivity index (χ1n) is 10.1. The lowest BCUT2D eigenvalue weighted by Gasteiger charge is -2.64. The molecule has 0 saturated heterocycles. The number of hydrogen-bond acceptors (Lipinski definition) is 3. The predicted molar refractivity (Wildman–Crippen MR) is 104 cm³/mol. The first kappa shape index (κ1) is 18.2. The molecule has 26 heavy (non-hydrogen) atoms. The normalized spacial score (nSPS) is 38.1. The molecule has 6 heteroatoms. The van der Waals surface area contributed by atoms with E-state index in [1.165, 1.54) is 19.3 Å². The molecule has 4 bridgehead atoms. The molecule has 0 aliphatic heterocycles. The minimum atomic E-state index is -0.133. The van der Waals surface area contributed by atoms with Crippen molar-refractivity contribution in [1.29, 1.82) is 0 Å².